The zero-order valence-electron chi connectivity index (χ0n) is 20.3. The van der Waals surface area contributed by atoms with Gasteiger partial charge in [-0.25, -0.2) is 0 Å². The second-order valence-corrected chi connectivity index (χ2v) is 8.55. The van der Waals surface area contributed by atoms with Crippen LogP contribution in [-0.4, -0.2) is 68.6 Å². The van der Waals surface area contributed by atoms with Crippen LogP contribution in [-0.2, 0) is 32.0 Å². The number of carbonyl (C=O) groups excluding carboxylic acids is 3. The molecule has 0 spiro atoms. The molecule has 8 nitrogen and oxygen atoms in total. The van der Waals surface area contributed by atoms with E-state index in [2.05, 4.69) is 10.6 Å². The van der Waals surface area contributed by atoms with Crippen LogP contribution in [0.4, 0.5) is 0 Å². The lowest BCUT2D eigenvalue weighted by molar-refractivity contribution is -0.137. The summed E-state index contributed by atoms with van der Waals surface area (Å²) in [7, 11) is 1.61. The fourth-order valence-electron chi connectivity index (χ4n) is 3.97. The molecule has 1 atom stereocenters. The van der Waals surface area contributed by atoms with E-state index in [1.807, 2.05) is 54.6 Å². The monoisotopic (exact) mass is 481 g/mol. The summed E-state index contributed by atoms with van der Waals surface area (Å²) in [5.74, 6) is 0.283. The highest BCUT2D eigenvalue weighted by Gasteiger charge is 2.26. The van der Waals surface area contributed by atoms with Gasteiger partial charge in [-0.05, 0) is 36.1 Å². The van der Waals surface area contributed by atoms with Gasteiger partial charge in [0.1, 0.15) is 11.8 Å². The Hall–Kier alpha value is -3.39. The lowest BCUT2D eigenvalue weighted by Gasteiger charge is -2.28. The van der Waals surface area contributed by atoms with Gasteiger partial charge < -0.3 is 25.0 Å². The van der Waals surface area contributed by atoms with E-state index < -0.39 is 6.04 Å². The van der Waals surface area contributed by atoms with Crippen molar-refractivity contribution in [1.82, 2.24) is 15.5 Å². The van der Waals surface area contributed by atoms with Crippen LogP contribution in [0, 0.1) is 0 Å². The normalized spacial score (nSPS) is 15.9. The zero-order valence-corrected chi connectivity index (χ0v) is 20.3. The minimum Gasteiger partial charge on any atom is -0.497 e. The number of aryl methyl sites for hydroxylation is 1. The van der Waals surface area contributed by atoms with Gasteiger partial charge in [-0.3, -0.25) is 14.4 Å². The summed E-state index contributed by atoms with van der Waals surface area (Å²) < 4.78 is 10.7. The van der Waals surface area contributed by atoms with Crippen LogP contribution in [0.3, 0.4) is 0 Å². The number of hydrogen-bond acceptors (Lipinski definition) is 5. The summed E-state index contributed by atoms with van der Waals surface area (Å²) in [5, 5.41) is 5.76. The Morgan fingerprint density at radius 1 is 1.06 bits per heavy atom. The van der Waals surface area contributed by atoms with E-state index >= 15 is 0 Å². The van der Waals surface area contributed by atoms with E-state index in [0.29, 0.717) is 52.1 Å². The van der Waals surface area contributed by atoms with Gasteiger partial charge in [-0.15, -0.1) is 0 Å². The summed E-state index contributed by atoms with van der Waals surface area (Å²) in [5.41, 5.74) is 1.98. The summed E-state index contributed by atoms with van der Waals surface area (Å²) in [6, 6.07) is 16.5. The van der Waals surface area contributed by atoms with Gasteiger partial charge >= 0.3 is 0 Å². The summed E-state index contributed by atoms with van der Waals surface area (Å²) in [4.78, 5) is 40.2. The quantitative estimate of drug-likeness (QED) is 0.602. The van der Waals surface area contributed by atoms with Crippen LogP contribution in [0.5, 0.6) is 5.75 Å². The number of amides is 3. The van der Waals surface area contributed by atoms with Crippen LogP contribution in [0.1, 0.15) is 30.4 Å². The first kappa shape index (κ1) is 26.2. The van der Waals surface area contributed by atoms with Crippen molar-refractivity contribution in [3.05, 3.63) is 65.7 Å². The minimum atomic E-state index is -0.713. The van der Waals surface area contributed by atoms with Gasteiger partial charge in [0, 0.05) is 45.5 Å². The van der Waals surface area contributed by atoms with Crippen LogP contribution in [0.15, 0.2) is 54.6 Å². The van der Waals surface area contributed by atoms with Crippen molar-refractivity contribution in [2.24, 2.45) is 0 Å². The van der Waals surface area contributed by atoms with Crippen LogP contribution in [0.2, 0.25) is 0 Å². The Morgan fingerprint density at radius 3 is 2.57 bits per heavy atom. The van der Waals surface area contributed by atoms with E-state index in [9.17, 15) is 14.4 Å². The number of benzene rings is 2. The molecule has 0 bridgehead atoms. The molecule has 2 aromatic carbocycles. The molecular formula is C27H35N3O5. The predicted molar refractivity (Wildman–Crippen MR) is 133 cm³/mol. The molecule has 0 radical (unpaired) electrons. The Kier molecular flexibility index (Phi) is 10.6. The molecular weight excluding hydrogens is 446 g/mol. The van der Waals surface area contributed by atoms with Crippen LogP contribution >= 0.6 is 0 Å². The molecule has 1 heterocycles. The smallest absolute Gasteiger partial charge is 0.245 e. The average Bonchev–Trinajstić information content (AvgIpc) is 2.93. The second kappa shape index (κ2) is 14.1. The standard InChI is InChI=1S/C27H35N3O5/c1-34-23-11-8-21(9-12-23)10-13-26(32)29-24(20-22-6-3-2-4-7-22)27(33)30-16-5-18-35-19-15-28-25(31)14-17-30/h2-4,6-9,11-12,24H,5,10,13-20H2,1H3,(H,28,31)(H,29,32)/t24-/m0/s1. The van der Waals surface area contributed by atoms with Crippen LogP contribution < -0.4 is 15.4 Å². The second-order valence-electron chi connectivity index (χ2n) is 8.55. The zero-order chi connectivity index (χ0) is 24.9. The molecule has 3 rings (SSSR count). The fraction of sp³-hybridized carbons (Fsp3) is 0.444. The Morgan fingerprint density at radius 2 is 1.83 bits per heavy atom. The maximum Gasteiger partial charge on any atom is 0.245 e. The fourth-order valence-corrected chi connectivity index (χ4v) is 3.97. The maximum absolute atomic E-state index is 13.6. The van der Waals surface area contributed by atoms with Crippen molar-refractivity contribution >= 4 is 17.7 Å². The van der Waals surface area contributed by atoms with Gasteiger partial charge in [0.15, 0.2) is 0 Å². The highest BCUT2D eigenvalue weighted by Crippen LogP contribution is 2.13. The van der Waals surface area contributed by atoms with E-state index in [1.54, 1.807) is 12.0 Å². The van der Waals surface area contributed by atoms with Crippen molar-refractivity contribution in [2.45, 2.75) is 38.1 Å². The molecule has 1 aliphatic heterocycles. The van der Waals surface area contributed by atoms with Crippen molar-refractivity contribution in [1.29, 1.82) is 0 Å². The first-order chi connectivity index (χ1) is 17.0. The maximum atomic E-state index is 13.6. The molecule has 3 amide bonds. The van der Waals surface area contributed by atoms with E-state index in [0.717, 1.165) is 16.9 Å². The molecule has 0 aromatic heterocycles. The number of rotatable bonds is 8. The molecule has 1 saturated heterocycles. The van der Waals surface area contributed by atoms with Gasteiger partial charge in [0.25, 0.3) is 0 Å². The number of ether oxygens (including phenoxy) is 2. The predicted octanol–water partition coefficient (Wildman–Crippen LogP) is 2.11. The third-order valence-corrected chi connectivity index (χ3v) is 5.92. The van der Waals surface area contributed by atoms with E-state index in [4.69, 9.17) is 9.47 Å². The van der Waals surface area contributed by atoms with E-state index in [-0.39, 0.29) is 30.6 Å². The Balaban J connectivity index is 1.67. The Bertz CT molecular complexity index is 949. The number of nitrogens with zero attached hydrogens (tertiary/aromatic N) is 1. The minimum absolute atomic E-state index is 0.114. The molecule has 35 heavy (non-hydrogen) atoms. The summed E-state index contributed by atoms with van der Waals surface area (Å²) >= 11 is 0. The van der Waals surface area contributed by atoms with Crippen molar-refractivity contribution in [3.8, 4) is 5.75 Å². The average molecular weight is 482 g/mol. The number of hydrogen-bond donors (Lipinski definition) is 2. The van der Waals surface area contributed by atoms with Crippen molar-refractivity contribution in [3.63, 3.8) is 0 Å². The largest absolute Gasteiger partial charge is 0.497 e. The molecule has 188 valence electrons. The number of nitrogens with one attached hydrogen (secondary N) is 2. The SMILES string of the molecule is COc1ccc(CCC(=O)N[C@@H](Cc2ccccc2)C(=O)N2CCCOCCNC(=O)CC2)cc1. The lowest BCUT2D eigenvalue weighted by atomic mass is 10.0. The lowest BCUT2D eigenvalue weighted by Crippen LogP contribution is -2.50. The molecule has 8 heteroatoms. The van der Waals surface area contributed by atoms with Crippen LogP contribution in [0.25, 0.3) is 0 Å². The molecule has 0 unspecified atom stereocenters. The summed E-state index contributed by atoms with van der Waals surface area (Å²) in [6.07, 6.45) is 2.09. The van der Waals surface area contributed by atoms with Gasteiger partial charge in [0.05, 0.1) is 13.7 Å². The molecule has 1 aliphatic rings. The molecule has 2 aromatic rings. The van der Waals surface area contributed by atoms with Gasteiger partial charge in [0.2, 0.25) is 17.7 Å². The molecule has 0 saturated carbocycles. The Labute approximate surface area is 207 Å². The third kappa shape index (κ3) is 9.05. The number of methoxy groups -OCH3 is 1. The van der Waals surface area contributed by atoms with Crippen molar-refractivity contribution < 1.29 is 23.9 Å². The first-order valence-electron chi connectivity index (χ1n) is 12.1. The third-order valence-electron chi connectivity index (χ3n) is 5.92. The summed E-state index contributed by atoms with van der Waals surface area (Å²) in [6.45, 7) is 2.21. The molecule has 2 N–H and O–H groups in total. The highest BCUT2D eigenvalue weighted by atomic mass is 16.5. The first-order valence-corrected chi connectivity index (χ1v) is 12.1. The highest BCUT2D eigenvalue weighted by molar-refractivity contribution is 5.88. The molecule has 0 aliphatic carbocycles. The van der Waals surface area contributed by atoms with Gasteiger partial charge in [-0.2, -0.15) is 0 Å². The molecule has 1 fully saturated rings. The van der Waals surface area contributed by atoms with E-state index in [1.165, 1.54) is 0 Å². The topological polar surface area (TPSA) is 97.0 Å². The number of carbonyl (C=O) groups is 3. The van der Waals surface area contributed by atoms with Crippen molar-refractivity contribution in [2.75, 3.05) is 40.0 Å². The van der Waals surface area contributed by atoms with Gasteiger partial charge in [-0.1, -0.05) is 42.5 Å².